The summed E-state index contributed by atoms with van der Waals surface area (Å²) in [6, 6.07) is 19.4. The summed E-state index contributed by atoms with van der Waals surface area (Å²) in [7, 11) is 0. The van der Waals surface area contributed by atoms with Crippen LogP contribution in [-0.2, 0) is 6.54 Å². The Balaban J connectivity index is 2.31. The van der Waals surface area contributed by atoms with E-state index in [2.05, 4.69) is 79.2 Å². The summed E-state index contributed by atoms with van der Waals surface area (Å²) in [5, 5.41) is 2.59. The van der Waals surface area contributed by atoms with Gasteiger partial charge in [0.2, 0.25) is 5.69 Å². The summed E-state index contributed by atoms with van der Waals surface area (Å²) in [6.45, 7) is 5.34. The van der Waals surface area contributed by atoms with Crippen LogP contribution < -0.4 is 4.57 Å². The maximum atomic E-state index is 2.32. The smallest absolute Gasteiger partial charge is 0.198 e. The standard InChI is InChI=1S/C18H18N/c1-3-19-13-16-10-6-5-9-15(16)12-18(19)17-11-7-4-8-14(17)2/h4-13H,3H2,1-2H3/q+1. The van der Waals surface area contributed by atoms with Crippen molar-refractivity contribution in [2.24, 2.45) is 0 Å². The van der Waals surface area contributed by atoms with Crippen molar-refractivity contribution in [2.75, 3.05) is 0 Å². The highest BCUT2D eigenvalue weighted by molar-refractivity contribution is 5.84. The molecule has 0 saturated carbocycles. The van der Waals surface area contributed by atoms with E-state index in [1.807, 2.05) is 0 Å². The topological polar surface area (TPSA) is 3.88 Å². The molecule has 0 saturated heterocycles. The third-order valence-corrected chi connectivity index (χ3v) is 3.65. The summed E-state index contributed by atoms with van der Waals surface area (Å²) >= 11 is 0. The van der Waals surface area contributed by atoms with Crippen LogP contribution in [0.5, 0.6) is 0 Å². The number of rotatable bonds is 2. The molecule has 0 bridgehead atoms. The quantitative estimate of drug-likeness (QED) is 0.601. The molecule has 0 aliphatic rings. The molecule has 0 aliphatic heterocycles. The molecule has 0 aliphatic carbocycles. The van der Waals surface area contributed by atoms with Crippen LogP contribution in [0.15, 0.2) is 60.8 Å². The summed E-state index contributed by atoms with van der Waals surface area (Å²) in [5.74, 6) is 0. The molecule has 19 heavy (non-hydrogen) atoms. The molecular weight excluding hydrogens is 230 g/mol. The van der Waals surface area contributed by atoms with Crippen LogP contribution >= 0.6 is 0 Å². The number of hydrogen-bond acceptors (Lipinski definition) is 0. The SMILES string of the molecule is CC[n+]1cc2ccccc2cc1-c1ccccc1C. The fraction of sp³-hybridized carbons (Fsp3) is 0.167. The summed E-state index contributed by atoms with van der Waals surface area (Å²) in [6.07, 6.45) is 2.25. The van der Waals surface area contributed by atoms with Gasteiger partial charge in [0.25, 0.3) is 0 Å². The lowest BCUT2D eigenvalue weighted by Gasteiger charge is -2.07. The second kappa shape index (κ2) is 4.85. The number of aryl methyl sites for hydroxylation is 2. The summed E-state index contributed by atoms with van der Waals surface area (Å²) in [5.41, 5.74) is 3.93. The minimum Gasteiger partial charge on any atom is -0.198 e. The van der Waals surface area contributed by atoms with Crippen LogP contribution in [0.4, 0.5) is 0 Å². The highest BCUT2D eigenvalue weighted by atomic mass is 14.9. The molecule has 0 amide bonds. The Kier molecular flexibility index (Phi) is 3.04. The Morgan fingerprint density at radius 1 is 0.895 bits per heavy atom. The number of hydrogen-bond donors (Lipinski definition) is 0. The first-order valence-corrected chi connectivity index (χ1v) is 6.78. The number of fused-ring (bicyclic) bond motifs is 1. The maximum Gasteiger partial charge on any atom is 0.213 e. The molecule has 2 aromatic carbocycles. The van der Waals surface area contributed by atoms with Gasteiger partial charge in [-0.1, -0.05) is 36.4 Å². The van der Waals surface area contributed by atoms with E-state index in [0.29, 0.717) is 0 Å². The molecule has 1 heterocycles. The number of pyridine rings is 1. The van der Waals surface area contributed by atoms with Crippen molar-refractivity contribution in [3.05, 3.63) is 66.4 Å². The van der Waals surface area contributed by atoms with E-state index in [1.54, 1.807) is 0 Å². The molecule has 1 nitrogen and oxygen atoms in total. The first-order chi connectivity index (χ1) is 9.29. The average molecular weight is 248 g/mol. The lowest BCUT2D eigenvalue weighted by atomic mass is 10.0. The van der Waals surface area contributed by atoms with Crippen LogP contribution in [0.3, 0.4) is 0 Å². The van der Waals surface area contributed by atoms with Crippen molar-refractivity contribution < 1.29 is 4.57 Å². The largest absolute Gasteiger partial charge is 0.213 e. The zero-order valence-electron chi connectivity index (χ0n) is 11.4. The van der Waals surface area contributed by atoms with Gasteiger partial charge in [0, 0.05) is 17.0 Å². The lowest BCUT2D eigenvalue weighted by molar-refractivity contribution is -0.681. The Hall–Kier alpha value is -2.15. The lowest BCUT2D eigenvalue weighted by Crippen LogP contribution is -2.34. The predicted molar refractivity (Wildman–Crippen MR) is 80.0 cm³/mol. The highest BCUT2D eigenvalue weighted by Gasteiger charge is 2.14. The van der Waals surface area contributed by atoms with Gasteiger partial charge in [-0.15, -0.1) is 0 Å². The van der Waals surface area contributed by atoms with Gasteiger partial charge in [-0.2, -0.15) is 4.57 Å². The van der Waals surface area contributed by atoms with Crippen molar-refractivity contribution in [1.29, 1.82) is 0 Å². The Morgan fingerprint density at radius 3 is 2.32 bits per heavy atom. The average Bonchev–Trinajstić information content (AvgIpc) is 2.46. The van der Waals surface area contributed by atoms with E-state index in [4.69, 9.17) is 0 Å². The maximum absolute atomic E-state index is 2.32. The van der Waals surface area contributed by atoms with Gasteiger partial charge in [-0.25, -0.2) is 0 Å². The second-order valence-corrected chi connectivity index (χ2v) is 4.89. The highest BCUT2D eigenvalue weighted by Crippen LogP contribution is 2.23. The molecule has 0 unspecified atom stereocenters. The molecule has 0 fully saturated rings. The Labute approximate surface area is 114 Å². The number of nitrogens with zero attached hydrogens (tertiary/aromatic N) is 1. The van der Waals surface area contributed by atoms with Gasteiger partial charge in [0.15, 0.2) is 6.20 Å². The van der Waals surface area contributed by atoms with Crippen molar-refractivity contribution in [3.63, 3.8) is 0 Å². The normalized spacial score (nSPS) is 10.8. The molecule has 94 valence electrons. The van der Waals surface area contributed by atoms with Crippen molar-refractivity contribution in [2.45, 2.75) is 20.4 Å². The molecule has 0 radical (unpaired) electrons. The first-order valence-electron chi connectivity index (χ1n) is 6.78. The minimum absolute atomic E-state index is 0.981. The van der Waals surface area contributed by atoms with Gasteiger partial charge in [-0.3, -0.25) is 0 Å². The van der Waals surface area contributed by atoms with Crippen LogP contribution in [-0.4, -0.2) is 0 Å². The molecule has 0 spiro atoms. The van der Waals surface area contributed by atoms with E-state index >= 15 is 0 Å². The predicted octanol–water partition coefficient (Wildman–Crippen LogP) is 4.12. The van der Waals surface area contributed by atoms with Crippen LogP contribution in [0.2, 0.25) is 0 Å². The van der Waals surface area contributed by atoms with E-state index in [0.717, 1.165) is 6.54 Å². The molecule has 0 atom stereocenters. The minimum atomic E-state index is 0.981. The molecule has 3 rings (SSSR count). The van der Waals surface area contributed by atoms with Crippen molar-refractivity contribution in [3.8, 4) is 11.3 Å². The molecule has 1 heteroatoms. The Bertz CT molecular complexity index is 729. The van der Waals surface area contributed by atoms with Gasteiger partial charge in [-0.05, 0) is 36.9 Å². The van der Waals surface area contributed by atoms with Gasteiger partial charge in [0.05, 0.1) is 0 Å². The van der Waals surface area contributed by atoms with Crippen LogP contribution in [0.1, 0.15) is 12.5 Å². The van der Waals surface area contributed by atoms with Crippen LogP contribution in [0.25, 0.3) is 22.0 Å². The van der Waals surface area contributed by atoms with Gasteiger partial charge >= 0.3 is 0 Å². The Morgan fingerprint density at radius 2 is 1.58 bits per heavy atom. The third-order valence-electron chi connectivity index (χ3n) is 3.65. The fourth-order valence-electron chi connectivity index (χ4n) is 2.58. The summed E-state index contributed by atoms with van der Waals surface area (Å²) < 4.78 is 2.32. The monoisotopic (exact) mass is 248 g/mol. The van der Waals surface area contributed by atoms with E-state index < -0.39 is 0 Å². The fourth-order valence-corrected chi connectivity index (χ4v) is 2.58. The van der Waals surface area contributed by atoms with Gasteiger partial charge < -0.3 is 0 Å². The zero-order chi connectivity index (χ0) is 13.2. The molecule has 3 aromatic rings. The van der Waals surface area contributed by atoms with E-state index in [9.17, 15) is 0 Å². The number of benzene rings is 2. The third kappa shape index (κ3) is 2.12. The van der Waals surface area contributed by atoms with Crippen molar-refractivity contribution >= 4 is 10.8 Å². The molecule has 0 N–H and O–H groups in total. The number of aromatic nitrogens is 1. The molecular formula is C18H18N+. The van der Waals surface area contributed by atoms with E-state index in [-0.39, 0.29) is 0 Å². The first kappa shape index (κ1) is 11.9. The summed E-state index contributed by atoms with van der Waals surface area (Å²) in [4.78, 5) is 0. The van der Waals surface area contributed by atoms with Crippen molar-refractivity contribution in [1.82, 2.24) is 0 Å². The van der Waals surface area contributed by atoms with Crippen LogP contribution in [0, 0.1) is 6.92 Å². The second-order valence-electron chi connectivity index (χ2n) is 4.89. The van der Waals surface area contributed by atoms with E-state index in [1.165, 1.54) is 27.6 Å². The van der Waals surface area contributed by atoms with Gasteiger partial charge in [0.1, 0.15) is 6.54 Å². The zero-order valence-corrected chi connectivity index (χ0v) is 11.4. The molecule has 1 aromatic heterocycles.